The number of benzene rings is 1. The molecule has 0 aliphatic rings. The Morgan fingerprint density at radius 3 is 2.65 bits per heavy atom. The summed E-state index contributed by atoms with van der Waals surface area (Å²) in [5.74, 6) is 1.16. The lowest BCUT2D eigenvalue weighted by Crippen LogP contribution is -2.22. The van der Waals surface area contributed by atoms with Crippen LogP contribution in [0.15, 0.2) is 29.3 Å². The molecule has 0 bridgehead atoms. The van der Waals surface area contributed by atoms with Crippen molar-refractivity contribution >= 4 is 47.2 Å². The van der Waals surface area contributed by atoms with Gasteiger partial charge in [-0.05, 0) is 42.7 Å². The molecule has 0 aliphatic carbocycles. The fourth-order valence-corrected chi connectivity index (χ4v) is 1.97. The summed E-state index contributed by atoms with van der Waals surface area (Å²) < 4.78 is 8.93. The number of rotatable bonds is 4. The summed E-state index contributed by atoms with van der Waals surface area (Å²) in [5, 5.41) is 6.93. The smallest absolute Gasteiger partial charge is 0.193 e. The van der Waals surface area contributed by atoms with Crippen LogP contribution in [0, 0.1) is 6.92 Å². The number of hydrogen-bond donors (Lipinski definition) is 2. The number of nitrogens with one attached hydrogen (secondary N) is 1. The highest BCUT2D eigenvalue weighted by atomic mass is 127. The van der Waals surface area contributed by atoms with E-state index in [4.69, 9.17) is 10.5 Å². The second-order valence-electron chi connectivity index (χ2n) is 3.84. The molecule has 0 unspecified atom stereocenters. The second-order valence-corrected chi connectivity index (χ2v) is 4.68. The first-order valence-corrected chi connectivity index (χ1v) is 6.45. The molecule has 2 rings (SSSR count). The predicted molar refractivity (Wildman–Crippen MR) is 92.0 cm³/mol. The standard InChI is InChI=1S/C12H15N5OS.HI/c1-8-11(19-17-16-8)7-14-12(13)15-9-3-5-10(18-2)6-4-9;/h3-6H,7H2,1-2H3,(H3,13,14,15);1H. The Morgan fingerprint density at radius 2 is 2.10 bits per heavy atom. The van der Waals surface area contributed by atoms with E-state index in [2.05, 4.69) is 19.9 Å². The first kappa shape index (κ1) is 16.6. The molecule has 1 aromatic heterocycles. The molecule has 0 amide bonds. The molecule has 0 radical (unpaired) electrons. The Hall–Kier alpha value is -1.42. The van der Waals surface area contributed by atoms with Gasteiger partial charge in [0.05, 0.1) is 24.2 Å². The Morgan fingerprint density at radius 1 is 1.40 bits per heavy atom. The molecular weight excluding hydrogens is 389 g/mol. The average Bonchev–Trinajstić information content (AvgIpc) is 2.83. The third-order valence-corrected chi connectivity index (χ3v) is 3.31. The molecule has 0 fully saturated rings. The molecule has 0 atom stereocenters. The van der Waals surface area contributed by atoms with Crippen molar-refractivity contribution in [1.82, 2.24) is 9.59 Å². The van der Waals surface area contributed by atoms with Crippen LogP contribution < -0.4 is 15.8 Å². The van der Waals surface area contributed by atoms with Gasteiger partial charge in [0.15, 0.2) is 5.96 Å². The molecular formula is C12H16IN5OS. The van der Waals surface area contributed by atoms with Gasteiger partial charge in [-0.25, -0.2) is 4.99 Å². The quantitative estimate of drug-likeness (QED) is 0.464. The van der Waals surface area contributed by atoms with Crippen molar-refractivity contribution in [3.63, 3.8) is 0 Å². The fraction of sp³-hybridized carbons (Fsp3) is 0.250. The van der Waals surface area contributed by atoms with Crippen LogP contribution in [-0.2, 0) is 6.54 Å². The third kappa shape index (κ3) is 4.60. The summed E-state index contributed by atoms with van der Waals surface area (Å²) >= 11 is 1.33. The molecule has 1 heterocycles. The zero-order valence-corrected chi connectivity index (χ0v) is 14.3. The number of ether oxygens (including phenoxy) is 1. The van der Waals surface area contributed by atoms with E-state index < -0.39 is 0 Å². The van der Waals surface area contributed by atoms with Crippen molar-refractivity contribution in [3.05, 3.63) is 34.8 Å². The van der Waals surface area contributed by atoms with Crippen molar-refractivity contribution in [3.8, 4) is 5.75 Å². The fourth-order valence-electron chi connectivity index (χ4n) is 1.41. The van der Waals surface area contributed by atoms with Gasteiger partial charge in [0.1, 0.15) is 5.75 Å². The monoisotopic (exact) mass is 405 g/mol. The minimum Gasteiger partial charge on any atom is -0.497 e. The topological polar surface area (TPSA) is 85.4 Å². The highest BCUT2D eigenvalue weighted by Gasteiger charge is 2.02. The summed E-state index contributed by atoms with van der Waals surface area (Å²) in [5.41, 5.74) is 7.57. The number of anilines is 1. The number of guanidine groups is 1. The van der Waals surface area contributed by atoms with Crippen LogP contribution in [0.25, 0.3) is 0 Å². The summed E-state index contributed by atoms with van der Waals surface area (Å²) in [7, 11) is 1.63. The molecule has 8 heteroatoms. The molecule has 0 spiro atoms. The summed E-state index contributed by atoms with van der Waals surface area (Å²) in [6.45, 7) is 2.39. The zero-order valence-electron chi connectivity index (χ0n) is 11.2. The van der Waals surface area contributed by atoms with Crippen LogP contribution in [0.2, 0.25) is 0 Å². The molecule has 0 saturated heterocycles. The highest BCUT2D eigenvalue weighted by molar-refractivity contribution is 14.0. The molecule has 6 nitrogen and oxygen atoms in total. The van der Waals surface area contributed by atoms with Gasteiger partial charge in [-0.1, -0.05) is 4.49 Å². The number of halogens is 1. The van der Waals surface area contributed by atoms with E-state index in [1.807, 2.05) is 31.2 Å². The molecule has 20 heavy (non-hydrogen) atoms. The second kappa shape index (κ2) is 8.00. The third-order valence-electron chi connectivity index (χ3n) is 2.50. The van der Waals surface area contributed by atoms with E-state index in [-0.39, 0.29) is 24.0 Å². The summed E-state index contributed by atoms with van der Waals surface area (Å²) in [6, 6.07) is 7.46. The van der Waals surface area contributed by atoms with E-state index in [0.717, 1.165) is 22.0 Å². The summed E-state index contributed by atoms with van der Waals surface area (Å²) in [4.78, 5) is 5.26. The van der Waals surface area contributed by atoms with E-state index in [9.17, 15) is 0 Å². The first-order valence-electron chi connectivity index (χ1n) is 5.68. The number of aliphatic imine (C=N–C) groups is 1. The molecule has 0 aliphatic heterocycles. The van der Waals surface area contributed by atoms with Crippen molar-refractivity contribution in [2.75, 3.05) is 12.4 Å². The number of methoxy groups -OCH3 is 1. The lowest BCUT2D eigenvalue weighted by atomic mass is 10.3. The van der Waals surface area contributed by atoms with E-state index in [0.29, 0.717) is 12.5 Å². The minimum absolute atomic E-state index is 0. The minimum atomic E-state index is 0. The Balaban J connectivity index is 0.00000200. The average molecular weight is 405 g/mol. The number of aromatic nitrogens is 2. The summed E-state index contributed by atoms with van der Waals surface area (Å²) in [6.07, 6.45) is 0. The van der Waals surface area contributed by atoms with Crippen LogP contribution in [0.5, 0.6) is 5.75 Å². The number of nitrogens with zero attached hydrogens (tertiary/aromatic N) is 3. The first-order chi connectivity index (χ1) is 9.19. The lowest BCUT2D eigenvalue weighted by Gasteiger charge is -2.06. The zero-order chi connectivity index (χ0) is 13.7. The lowest BCUT2D eigenvalue weighted by molar-refractivity contribution is 0.415. The molecule has 3 N–H and O–H groups in total. The van der Waals surface area contributed by atoms with Crippen LogP contribution >= 0.6 is 35.5 Å². The molecule has 2 aromatic rings. The van der Waals surface area contributed by atoms with Crippen molar-refractivity contribution in [1.29, 1.82) is 0 Å². The maximum Gasteiger partial charge on any atom is 0.193 e. The van der Waals surface area contributed by atoms with Gasteiger partial charge in [0, 0.05) is 5.69 Å². The maximum absolute atomic E-state index is 5.81. The highest BCUT2D eigenvalue weighted by Crippen LogP contribution is 2.15. The predicted octanol–water partition coefficient (Wildman–Crippen LogP) is 2.40. The van der Waals surface area contributed by atoms with Crippen LogP contribution in [0.3, 0.4) is 0 Å². The largest absolute Gasteiger partial charge is 0.497 e. The van der Waals surface area contributed by atoms with Gasteiger partial charge in [-0.2, -0.15) is 0 Å². The van der Waals surface area contributed by atoms with Gasteiger partial charge in [0.25, 0.3) is 0 Å². The normalized spacial score (nSPS) is 10.8. The van der Waals surface area contributed by atoms with E-state index >= 15 is 0 Å². The van der Waals surface area contributed by atoms with Crippen molar-refractivity contribution in [2.24, 2.45) is 10.7 Å². The van der Waals surface area contributed by atoms with Gasteiger partial charge in [0.2, 0.25) is 0 Å². The number of nitrogens with two attached hydrogens (primary N) is 1. The van der Waals surface area contributed by atoms with Crippen LogP contribution in [0.1, 0.15) is 10.6 Å². The number of hydrogen-bond acceptors (Lipinski definition) is 5. The van der Waals surface area contributed by atoms with Gasteiger partial charge >= 0.3 is 0 Å². The van der Waals surface area contributed by atoms with Gasteiger partial charge in [-0.15, -0.1) is 29.1 Å². The van der Waals surface area contributed by atoms with Gasteiger partial charge in [-0.3, -0.25) is 0 Å². The van der Waals surface area contributed by atoms with Crippen LogP contribution in [0.4, 0.5) is 5.69 Å². The van der Waals surface area contributed by atoms with Crippen LogP contribution in [-0.4, -0.2) is 22.7 Å². The van der Waals surface area contributed by atoms with Gasteiger partial charge < -0.3 is 15.8 Å². The van der Waals surface area contributed by atoms with E-state index in [1.165, 1.54) is 11.5 Å². The Bertz CT molecular complexity index is 569. The van der Waals surface area contributed by atoms with E-state index in [1.54, 1.807) is 7.11 Å². The maximum atomic E-state index is 5.81. The Kier molecular flexibility index (Phi) is 6.65. The number of aryl methyl sites for hydroxylation is 1. The molecule has 1 aromatic carbocycles. The molecule has 108 valence electrons. The van der Waals surface area contributed by atoms with Crippen molar-refractivity contribution in [2.45, 2.75) is 13.5 Å². The SMILES string of the molecule is COc1ccc(NC(N)=NCc2snnc2C)cc1.I. The molecule has 0 saturated carbocycles. The van der Waals surface area contributed by atoms with Crippen molar-refractivity contribution < 1.29 is 4.74 Å². The Labute approximate surface area is 138 Å².